The maximum Gasteiger partial charge on any atom is 0.416 e. The van der Waals surface area contributed by atoms with Crippen LogP contribution in [0.4, 0.5) is 13.2 Å². The Balaban J connectivity index is 1.55. The van der Waals surface area contributed by atoms with Gasteiger partial charge in [0.05, 0.1) is 16.4 Å². The number of hydrogen-bond acceptors (Lipinski definition) is 2. The predicted molar refractivity (Wildman–Crippen MR) is 83.5 cm³/mol. The maximum atomic E-state index is 12.5. The molecule has 2 atom stereocenters. The molecule has 2 unspecified atom stereocenters. The zero-order valence-corrected chi connectivity index (χ0v) is 13.4. The largest absolute Gasteiger partial charge is 0.416 e. The van der Waals surface area contributed by atoms with Crippen molar-refractivity contribution in [2.75, 3.05) is 0 Å². The number of benzene rings is 1. The average molecular weight is 360 g/mol. The second-order valence-electron chi connectivity index (χ2n) is 5.49. The second-order valence-corrected chi connectivity index (χ2v) is 7.29. The highest BCUT2D eigenvalue weighted by Crippen LogP contribution is 2.48. The van der Waals surface area contributed by atoms with Gasteiger partial charge in [-0.25, -0.2) is 0 Å². The molecule has 1 saturated carbocycles. The van der Waals surface area contributed by atoms with Crippen molar-refractivity contribution in [1.29, 1.82) is 0 Å². The van der Waals surface area contributed by atoms with E-state index in [-0.39, 0.29) is 17.7 Å². The molecule has 0 spiro atoms. The van der Waals surface area contributed by atoms with Crippen LogP contribution < -0.4 is 5.32 Å². The summed E-state index contributed by atoms with van der Waals surface area (Å²) in [4.78, 5) is 13.0. The normalized spacial score (nSPS) is 20.3. The maximum absolute atomic E-state index is 12.5. The molecule has 1 aliphatic carbocycles. The van der Waals surface area contributed by atoms with Crippen molar-refractivity contribution < 1.29 is 18.0 Å². The zero-order chi connectivity index (χ0) is 16.6. The van der Waals surface area contributed by atoms with Gasteiger partial charge in [-0.3, -0.25) is 4.79 Å². The minimum absolute atomic E-state index is 0.00390. The van der Waals surface area contributed by atoms with Gasteiger partial charge >= 0.3 is 6.18 Å². The van der Waals surface area contributed by atoms with E-state index in [2.05, 4.69) is 5.32 Å². The highest BCUT2D eigenvalue weighted by molar-refractivity contribution is 7.16. The van der Waals surface area contributed by atoms with Gasteiger partial charge in [0.2, 0.25) is 5.91 Å². The molecule has 2 aromatic rings. The molecule has 1 aliphatic rings. The van der Waals surface area contributed by atoms with Crippen LogP contribution in [0.25, 0.3) is 0 Å². The van der Waals surface area contributed by atoms with Crippen LogP contribution in [-0.4, -0.2) is 5.91 Å². The Kier molecular flexibility index (Phi) is 4.38. The number of carbonyl (C=O) groups excluding carboxylic acids is 1. The summed E-state index contributed by atoms with van der Waals surface area (Å²) < 4.78 is 38.3. The first-order chi connectivity index (χ1) is 10.8. The molecule has 1 aromatic carbocycles. The van der Waals surface area contributed by atoms with E-state index in [0.29, 0.717) is 17.3 Å². The summed E-state index contributed by atoms with van der Waals surface area (Å²) in [6.45, 7) is 0.423. The molecule has 122 valence electrons. The quantitative estimate of drug-likeness (QED) is 0.831. The molecule has 1 heterocycles. The minimum atomic E-state index is -4.33. The molecular weight excluding hydrogens is 347 g/mol. The fourth-order valence-corrected chi connectivity index (χ4v) is 3.55. The molecule has 1 N–H and O–H groups in total. The molecule has 3 rings (SSSR count). The summed E-state index contributed by atoms with van der Waals surface area (Å²) in [6, 6.07) is 8.68. The van der Waals surface area contributed by atoms with Gasteiger partial charge in [0.1, 0.15) is 0 Å². The van der Waals surface area contributed by atoms with Crippen molar-refractivity contribution in [2.24, 2.45) is 5.92 Å². The van der Waals surface area contributed by atoms with Gasteiger partial charge < -0.3 is 5.32 Å². The summed E-state index contributed by atoms with van der Waals surface area (Å²) in [5, 5.41) is 2.84. The summed E-state index contributed by atoms with van der Waals surface area (Å²) >= 11 is 7.23. The van der Waals surface area contributed by atoms with E-state index in [1.165, 1.54) is 23.5 Å². The molecule has 7 heteroatoms. The number of halogens is 4. The van der Waals surface area contributed by atoms with Crippen molar-refractivity contribution in [3.63, 3.8) is 0 Å². The minimum Gasteiger partial charge on any atom is -0.351 e. The standard InChI is InChI=1S/C16H13ClF3NOS/c17-14-6-5-11(23-14)8-21-15(22)13-7-12(13)9-1-3-10(4-2-9)16(18,19)20/h1-6,12-13H,7-8H2,(H,21,22). The van der Waals surface area contributed by atoms with E-state index in [4.69, 9.17) is 11.6 Å². The Morgan fingerprint density at radius 1 is 1.22 bits per heavy atom. The Bertz CT molecular complexity index is 711. The summed E-state index contributed by atoms with van der Waals surface area (Å²) in [5.41, 5.74) is 0.106. The smallest absolute Gasteiger partial charge is 0.351 e. The van der Waals surface area contributed by atoms with Crippen LogP contribution in [0.1, 0.15) is 28.3 Å². The predicted octanol–water partition coefficient (Wildman–Crippen LogP) is 4.84. The number of rotatable bonds is 4. The molecule has 1 aromatic heterocycles. The van der Waals surface area contributed by atoms with Crippen molar-refractivity contribution in [2.45, 2.75) is 25.1 Å². The van der Waals surface area contributed by atoms with E-state index in [0.717, 1.165) is 22.6 Å². The van der Waals surface area contributed by atoms with E-state index in [9.17, 15) is 18.0 Å². The van der Waals surface area contributed by atoms with Gasteiger partial charge in [-0.1, -0.05) is 23.7 Å². The van der Waals surface area contributed by atoms with Crippen LogP contribution in [-0.2, 0) is 17.5 Å². The van der Waals surface area contributed by atoms with Crippen molar-refractivity contribution in [1.82, 2.24) is 5.32 Å². The van der Waals surface area contributed by atoms with Crippen LogP contribution in [0, 0.1) is 5.92 Å². The van der Waals surface area contributed by atoms with Gasteiger partial charge in [0.15, 0.2) is 0 Å². The first-order valence-electron chi connectivity index (χ1n) is 7.03. The summed E-state index contributed by atoms with van der Waals surface area (Å²) in [7, 11) is 0. The van der Waals surface area contributed by atoms with E-state index in [1.54, 1.807) is 6.07 Å². The molecular formula is C16H13ClF3NOS. The van der Waals surface area contributed by atoms with E-state index < -0.39 is 11.7 Å². The molecule has 0 radical (unpaired) electrons. The third kappa shape index (κ3) is 3.87. The highest BCUT2D eigenvalue weighted by Gasteiger charge is 2.44. The molecule has 2 nitrogen and oxygen atoms in total. The molecule has 0 saturated heterocycles. The van der Waals surface area contributed by atoms with Gasteiger partial charge in [0.25, 0.3) is 0 Å². The lowest BCUT2D eigenvalue weighted by Gasteiger charge is -2.07. The monoisotopic (exact) mass is 359 g/mol. The van der Waals surface area contributed by atoms with Gasteiger partial charge in [0, 0.05) is 10.8 Å². The highest BCUT2D eigenvalue weighted by atomic mass is 35.5. The zero-order valence-electron chi connectivity index (χ0n) is 11.9. The number of carbonyl (C=O) groups is 1. The Hall–Kier alpha value is -1.53. The van der Waals surface area contributed by atoms with E-state index >= 15 is 0 Å². The fraction of sp³-hybridized carbons (Fsp3) is 0.312. The Labute approximate surface area is 140 Å². The molecule has 1 fully saturated rings. The number of thiophene rings is 1. The topological polar surface area (TPSA) is 29.1 Å². The third-order valence-corrected chi connectivity index (χ3v) is 5.09. The van der Waals surface area contributed by atoms with Crippen molar-refractivity contribution in [3.05, 3.63) is 56.7 Å². The van der Waals surface area contributed by atoms with E-state index in [1.807, 2.05) is 6.07 Å². The first-order valence-corrected chi connectivity index (χ1v) is 8.23. The number of nitrogens with one attached hydrogen (secondary N) is 1. The molecule has 0 aliphatic heterocycles. The first kappa shape index (κ1) is 16.3. The molecule has 0 bridgehead atoms. The second kappa shape index (κ2) is 6.17. The van der Waals surface area contributed by atoms with Crippen LogP contribution >= 0.6 is 22.9 Å². The fourth-order valence-electron chi connectivity index (χ4n) is 2.52. The number of hydrogen-bond donors (Lipinski definition) is 1. The third-order valence-electron chi connectivity index (χ3n) is 3.86. The van der Waals surface area contributed by atoms with Gasteiger partial charge in [-0.05, 0) is 42.2 Å². The van der Waals surface area contributed by atoms with Crippen LogP contribution in [0.2, 0.25) is 4.34 Å². The van der Waals surface area contributed by atoms with Crippen molar-refractivity contribution in [3.8, 4) is 0 Å². The number of alkyl halides is 3. The van der Waals surface area contributed by atoms with Crippen LogP contribution in [0.5, 0.6) is 0 Å². The molecule has 23 heavy (non-hydrogen) atoms. The van der Waals surface area contributed by atoms with Crippen molar-refractivity contribution >= 4 is 28.8 Å². The SMILES string of the molecule is O=C(NCc1ccc(Cl)s1)C1CC1c1ccc(C(F)(F)F)cc1. The summed E-state index contributed by atoms with van der Waals surface area (Å²) in [5.74, 6) is -0.231. The Morgan fingerprint density at radius 2 is 1.91 bits per heavy atom. The van der Waals surface area contributed by atoms with Crippen LogP contribution in [0.3, 0.4) is 0 Å². The van der Waals surface area contributed by atoms with Gasteiger partial charge in [-0.2, -0.15) is 13.2 Å². The summed E-state index contributed by atoms with van der Waals surface area (Å²) in [6.07, 6.45) is -3.66. The lowest BCUT2D eigenvalue weighted by atomic mass is 10.1. The average Bonchev–Trinajstić information content (AvgIpc) is 3.20. The number of amides is 1. The van der Waals surface area contributed by atoms with Gasteiger partial charge in [-0.15, -0.1) is 11.3 Å². The molecule has 1 amide bonds. The lowest BCUT2D eigenvalue weighted by molar-refractivity contribution is -0.137. The van der Waals surface area contributed by atoms with Crippen LogP contribution in [0.15, 0.2) is 36.4 Å². The lowest BCUT2D eigenvalue weighted by Crippen LogP contribution is -2.24. The Morgan fingerprint density at radius 3 is 2.48 bits per heavy atom.